The minimum absolute atomic E-state index is 0.290. The number of hydrogen-bond acceptors (Lipinski definition) is 2. The largest absolute Gasteiger partial charge is 0.508 e. The SMILES string of the molecule is Cc1ccc(Oc2ccc(CCc3ccc(C(C)c4ccc(O)c(C)c4)cc3C)cc2)cc1. The van der Waals surface area contributed by atoms with Crippen LogP contribution >= 0.6 is 0 Å². The highest BCUT2D eigenvalue weighted by atomic mass is 16.5. The highest BCUT2D eigenvalue weighted by Crippen LogP contribution is 2.29. The smallest absolute Gasteiger partial charge is 0.127 e. The Hall–Kier alpha value is -3.52. The topological polar surface area (TPSA) is 29.5 Å². The zero-order valence-electron chi connectivity index (χ0n) is 19.9. The molecule has 0 heterocycles. The predicted molar refractivity (Wildman–Crippen MR) is 137 cm³/mol. The maximum Gasteiger partial charge on any atom is 0.127 e. The molecule has 0 aliphatic rings. The van der Waals surface area contributed by atoms with Gasteiger partial charge in [-0.05, 0) is 97.3 Å². The summed E-state index contributed by atoms with van der Waals surface area (Å²) in [6.07, 6.45) is 2.01. The third-order valence-electron chi connectivity index (χ3n) is 6.45. The van der Waals surface area contributed by atoms with Crippen LogP contribution in [0.25, 0.3) is 0 Å². The second kappa shape index (κ2) is 9.95. The van der Waals surface area contributed by atoms with Gasteiger partial charge < -0.3 is 9.84 Å². The van der Waals surface area contributed by atoms with Crippen LogP contribution in [0.1, 0.15) is 51.8 Å². The van der Waals surface area contributed by atoms with Gasteiger partial charge in [0.15, 0.2) is 0 Å². The molecule has 0 saturated carbocycles. The highest BCUT2D eigenvalue weighted by molar-refractivity contribution is 5.42. The lowest BCUT2D eigenvalue weighted by Gasteiger charge is -2.16. The van der Waals surface area contributed by atoms with Crippen molar-refractivity contribution in [3.05, 3.63) is 124 Å². The van der Waals surface area contributed by atoms with E-state index < -0.39 is 0 Å². The molecule has 1 N–H and O–H groups in total. The van der Waals surface area contributed by atoms with Crippen LogP contribution in [0.15, 0.2) is 84.9 Å². The van der Waals surface area contributed by atoms with Crippen LogP contribution in [-0.2, 0) is 12.8 Å². The zero-order chi connectivity index (χ0) is 23.4. The van der Waals surface area contributed by atoms with Gasteiger partial charge in [0, 0.05) is 5.92 Å². The Balaban J connectivity index is 1.38. The van der Waals surface area contributed by atoms with Crippen molar-refractivity contribution < 1.29 is 9.84 Å². The fourth-order valence-corrected chi connectivity index (χ4v) is 4.15. The van der Waals surface area contributed by atoms with Crippen molar-refractivity contribution in [1.29, 1.82) is 0 Å². The Morgan fingerprint density at radius 1 is 0.667 bits per heavy atom. The molecular weight excluding hydrogens is 404 g/mol. The fraction of sp³-hybridized carbons (Fsp3) is 0.226. The molecule has 0 amide bonds. The van der Waals surface area contributed by atoms with Gasteiger partial charge in [0.05, 0.1) is 0 Å². The second-order valence-electron chi connectivity index (χ2n) is 9.01. The molecule has 0 fully saturated rings. The van der Waals surface area contributed by atoms with Crippen molar-refractivity contribution in [1.82, 2.24) is 0 Å². The van der Waals surface area contributed by atoms with Gasteiger partial charge in [0.2, 0.25) is 0 Å². The highest BCUT2D eigenvalue weighted by Gasteiger charge is 2.11. The summed E-state index contributed by atoms with van der Waals surface area (Å²) in [7, 11) is 0. The van der Waals surface area contributed by atoms with Crippen molar-refractivity contribution in [2.24, 2.45) is 0 Å². The van der Waals surface area contributed by atoms with Crippen molar-refractivity contribution in [3.63, 3.8) is 0 Å². The van der Waals surface area contributed by atoms with Gasteiger partial charge in [0.1, 0.15) is 17.2 Å². The molecule has 0 spiro atoms. The molecule has 1 unspecified atom stereocenters. The maximum atomic E-state index is 9.81. The molecule has 4 aromatic carbocycles. The lowest BCUT2D eigenvalue weighted by Crippen LogP contribution is -2.00. The summed E-state index contributed by atoms with van der Waals surface area (Å²) < 4.78 is 5.94. The number of phenolic OH excluding ortho intramolecular Hbond substituents is 1. The van der Waals surface area contributed by atoms with Crippen molar-refractivity contribution in [2.75, 3.05) is 0 Å². The number of aromatic hydroxyl groups is 1. The molecule has 4 rings (SSSR count). The van der Waals surface area contributed by atoms with Gasteiger partial charge in [-0.1, -0.05) is 67.1 Å². The Labute approximate surface area is 197 Å². The zero-order valence-corrected chi connectivity index (χ0v) is 19.9. The molecular formula is C31H32O2. The normalized spacial score (nSPS) is 11.9. The monoisotopic (exact) mass is 436 g/mol. The van der Waals surface area contributed by atoms with Crippen LogP contribution in [0.2, 0.25) is 0 Å². The van der Waals surface area contributed by atoms with Gasteiger partial charge in [-0.15, -0.1) is 0 Å². The molecule has 0 aliphatic heterocycles. The van der Waals surface area contributed by atoms with Crippen molar-refractivity contribution in [3.8, 4) is 17.2 Å². The quantitative estimate of drug-likeness (QED) is 0.317. The predicted octanol–water partition coefficient (Wildman–Crippen LogP) is 8.05. The average molecular weight is 437 g/mol. The van der Waals surface area contributed by atoms with Gasteiger partial charge in [-0.2, -0.15) is 0 Å². The van der Waals surface area contributed by atoms with Crippen molar-refractivity contribution >= 4 is 0 Å². The molecule has 0 saturated heterocycles. The summed E-state index contributed by atoms with van der Waals surface area (Å²) >= 11 is 0. The van der Waals surface area contributed by atoms with Gasteiger partial charge >= 0.3 is 0 Å². The molecule has 0 aliphatic carbocycles. The van der Waals surface area contributed by atoms with E-state index >= 15 is 0 Å². The van der Waals surface area contributed by atoms with Crippen molar-refractivity contribution in [2.45, 2.75) is 46.5 Å². The number of hydrogen-bond donors (Lipinski definition) is 1. The number of rotatable bonds is 7. The minimum atomic E-state index is 0.290. The molecule has 2 heteroatoms. The van der Waals surface area contributed by atoms with Gasteiger partial charge in [-0.25, -0.2) is 0 Å². The first-order chi connectivity index (χ1) is 15.9. The molecule has 4 aromatic rings. The number of phenols is 1. The first-order valence-electron chi connectivity index (χ1n) is 11.6. The van der Waals surface area contributed by atoms with E-state index in [0.29, 0.717) is 5.75 Å². The van der Waals surface area contributed by atoms with E-state index in [4.69, 9.17) is 4.74 Å². The fourth-order valence-electron chi connectivity index (χ4n) is 4.15. The van der Waals surface area contributed by atoms with Crippen LogP contribution in [0.4, 0.5) is 0 Å². The Kier molecular flexibility index (Phi) is 6.84. The second-order valence-corrected chi connectivity index (χ2v) is 9.01. The Bertz CT molecular complexity index is 1220. The molecule has 0 bridgehead atoms. The summed E-state index contributed by atoms with van der Waals surface area (Å²) in [6, 6.07) is 29.2. The third-order valence-corrected chi connectivity index (χ3v) is 6.45. The summed E-state index contributed by atoms with van der Waals surface area (Å²) in [5.74, 6) is 2.37. The standard InChI is InChI=1S/C31H32O2/c1-21-5-14-29(15-6-21)33-30-16-8-25(9-17-30)7-10-26-11-12-27(19-22(26)2)24(4)28-13-18-31(32)23(3)20-28/h5-6,8-9,11-20,24,32H,7,10H2,1-4H3. The van der Waals surface area contributed by atoms with Gasteiger partial charge in [0.25, 0.3) is 0 Å². The molecule has 33 heavy (non-hydrogen) atoms. The van der Waals surface area contributed by atoms with Crippen LogP contribution in [0.3, 0.4) is 0 Å². The van der Waals surface area contributed by atoms with E-state index in [1.165, 1.54) is 33.4 Å². The van der Waals surface area contributed by atoms with E-state index in [1.54, 1.807) is 6.07 Å². The average Bonchev–Trinajstić information content (AvgIpc) is 2.82. The van der Waals surface area contributed by atoms with E-state index in [-0.39, 0.29) is 5.92 Å². The lowest BCUT2D eigenvalue weighted by molar-refractivity contribution is 0.470. The van der Waals surface area contributed by atoms with Crippen LogP contribution in [-0.4, -0.2) is 5.11 Å². The Morgan fingerprint density at radius 3 is 1.85 bits per heavy atom. The lowest BCUT2D eigenvalue weighted by atomic mass is 9.89. The summed E-state index contributed by atoms with van der Waals surface area (Å²) in [5.41, 5.74) is 8.70. The van der Waals surface area contributed by atoms with Gasteiger partial charge in [-0.3, -0.25) is 0 Å². The molecule has 1 atom stereocenters. The number of ether oxygens (including phenoxy) is 1. The van der Waals surface area contributed by atoms with Crippen LogP contribution < -0.4 is 4.74 Å². The number of benzene rings is 4. The first kappa shape index (κ1) is 22.7. The summed E-state index contributed by atoms with van der Waals surface area (Å²) in [5, 5.41) is 9.81. The van der Waals surface area contributed by atoms with Crippen LogP contribution in [0.5, 0.6) is 17.2 Å². The molecule has 0 aromatic heterocycles. The van der Waals surface area contributed by atoms with Crippen LogP contribution in [0, 0.1) is 20.8 Å². The molecule has 168 valence electrons. The number of aryl methyl sites for hydroxylation is 5. The van der Waals surface area contributed by atoms with E-state index in [1.807, 2.05) is 37.3 Å². The third kappa shape index (κ3) is 5.64. The first-order valence-corrected chi connectivity index (χ1v) is 11.6. The van der Waals surface area contributed by atoms with E-state index in [9.17, 15) is 5.11 Å². The molecule has 2 nitrogen and oxygen atoms in total. The Morgan fingerprint density at radius 2 is 1.24 bits per heavy atom. The maximum absolute atomic E-state index is 9.81. The van der Waals surface area contributed by atoms with E-state index in [2.05, 4.69) is 69.3 Å². The molecule has 0 radical (unpaired) electrons. The minimum Gasteiger partial charge on any atom is -0.508 e. The van der Waals surface area contributed by atoms with E-state index in [0.717, 1.165) is 29.9 Å². The summed E-state index contributed by atoms with van der Waals surface area (Å²) in [6.45, 7) is 8.44. The summed E-state index contributed by atoms with van der Waals surface area (Å²) in [4.78, 5) is 0.